The lowest BCUT2D eigenvalue weighted by molar-refractivity contribution is 0.260. The van der Waals surface area contributed by atoms with Gasteiger partial charge in [-0.15, -0.1) is 0 Å². The number of aryl methyl sites for hydroxylation is 1. The van der Waals surface area contributed by atoms with Crippen LogP contribution >= 0.6 is 0 Å². The number of hydrogen-bond acceptors (Lipinski definition) is 7. The van der Waals surface area contributed by atoms with E-state index >= 15 is 0 Å². The van der Waals surface area contributed by atoms with Crippen molar-refractivity contribution < 1.29 is 19.1 Å². The Morgan fingerprint density at radius 1 is 1.53 bits per heavy atom. The zero-order valence-electron chi connectivity index (χ0n) is 10.00. The summed E-state index contributed by atoms with van der Waals surface area (Å²) in [6.45, 7) is 1.64. The van der Waals surface area contributed by atoms with Gasteiger partial charge in [0.05, 0.1) is 0 Å². The summed E-state index contributed by atoms with van der Waals surface area (Å²) in [7, 11) is 0. The molecule has 0 aliphatic rings. The first-order chi connectivity index (χ1) is 9.15. The molecule has 1 aromatic carbocycles. The van der Waals surface area contributed by atoms with E-state index in [9.17, 15) is 4.39 Å². The molecular formula is C11H11FN4O3. The molecule has 2 rings (SSSR count). The monoisotopic (exact) mass is 266 g/mol. The molecule has 0 fully saturated rings. The summed E-state index contributed by atoms with van der Waals surface area (Å²) in [5, 5.41) is 19.1. The van der Waals surface area contributed by atoms with E-state index in [0.29, 0.717) is 5.56 Å². The van der Waals surface area contributed by atoms with Gasteiger partial charge in [-0.1, -0.05) is 17.3 Å². The molecule has 1 aromatic heterocycles. The highest BCUT2D eigenvalue weighted by molar-refractivity contribution is 6.01. The van der Waals surface area contributed by atoms with Gasteiger partial charge in [-0.05, 0) is 34.4 Å². The van der Waals surface area contributed by atoms with E-state index < -0.39 is 0 Å². The van der Waals surface area contributed by atoms with Crippen molar-refractivity contribution >= 4 is 5.71 Å². The van der Waals surface area contributed by atoms with Crippen molar-refractivity contribution in [3.05, 3.63) is 40.8 Å². The van der Waals surface area contributed by atoms with Crippen molar-refractivity contribution in [3.63, 3.8) is 0 Å². The van der Waals surface area contributed by atoms with E-state index in [1.807, 2.05) is 0 Å². The Kier molecular flexibility index (Phi) is 3.71. The van der Waals surface area contributed by atoms with Crippen molar-refractivity contribution in [2.45, 2.75) is 13.3 Å². The molecule has 0 saturated heterocycles. The fraction of sp³-hybridized carbons (Fsp3) is 0.182. The van der Waals surface area contributed by atoms with Crippen LogP contribution in [-0.4, -0.2) is 21.2 Å². The predicted octanol–water partition coefficient (Wildman–Crippen LogP) is 1.19. The smallest absolute Gasteiger partial charge is 0.307 e. The zero-order valence-corrected chi connectivity index (χ0v) is 10.00. The molecule has 0 saturated carbocycles. The standard InChI is InChI=1S/C11H11FN4O3/c1-6-4-7(2-3-8(6)12)5-9(14-17)10-11(18-13)16-19-15-10/h2-4,17H,5,13H2,1H3/b14-9+. The minimum absolute atomic E-state index is 0.0898. The lowest BCUT2D eigenvalue weighted by Gasteiger charge is -2.04. The van der Waals surface area contributed by atoms with Gasteiger partial charge in [-0.2, -0.15) is 5.90 Å². The Hall–Kier alpha value is -2.48. The van der Waals surface area contributed by atoms with Crippen LogP contribution in [0, 0.1) is 12.7 Å². The van der Waals surface area contributed by atoms with Crippen LogP contribution in [-0.2, 0) is 6.42 Å². The first-order valence-corrected chi connectivity index (χ1v) is 5.31. The molecule has 7 nitrogen and oxygen atoms in total. The Bertz CT molecular complexity index is 612. The number of hydrogen-bond donors (Lipinski definition) is 2. The molecule has 3 N–H and O–H groups in total. The van der Waals surface area contributed by atoms with Crippen LogP contribution in [0.3, 0.4) is 0 Å². The van der Waals surface area contributed by atoms with E-state index in [0.717, 1.165) is 5.56 Å². The summed E-state index contributed by atoms with van der Waals surface area (Å²) in [4.78, 5) is 4.43. The van der Waals surface area contributed by atoms with Crippen LogP contribution in [0.1, 0.15) is 16.8 Å². The van der Waals surface area contributed by atoms with E-state index in [2.05, 4.69) is 24.9 Å². The number of oxime groups is 1. The number of rotatable bonds is 4. The van der Waals surface area contributed by atoms with E-state index in [1.54, 1.807) is 19.1 Å². The highest BCUT2D eigenvalue weighted by atomic mass is 19.1. The summed E-state index contributed by atoms with van der Waals surface area (Å²) in [6.07, 6.45) is 0.197. The second-order valence-corrected chi connectivity index (χ2v) is 3.84. The van der Waals surface area contributed by atoms with Crippen LogP contribution in [0.25, 0.3) is 0 Å². The Morgan fingerprint density at radius 3 is 2.95 bits per heavy atom. The van der Waals surface area contributed by atoms with Crippen LogP contribution in [0.15, 0.2) is 28.0 Å². The van der Waals surface area contributed by atoms with Crippen molar-refractivity contribution in [3.8, 4) is 5.88 Å². The third-order valence-corrected chi connectivity index (χ3v) is 2.56. The minimum atomic E-state index is -0.305. The Labute approximate surface area is 107 Å². The molecular weight excluding hydrogens is 255 g/mol. The van der Waals surface area contributed by atoms with Crippen molar-refractivity contribution in [1.82, 2.24) is 10.3 Å². The summed E-state index contributed by atoms with van der Waals surface area (Å²) < 4.78 is 17.6. The second-order valence-electron chi connectivity index (χ2n) is 3.84. The van der Waals surface area contributed by atoms with Crippen LogP contribution in [0.2, 0.25) is 0 Å². The first-order valence-electron chi connectivity index (χ1n) is 5.31. The molecule has 0 bridgehead atoms. The average Bonchev–Trinajstić information content (AvgIpc) is 2.88. The predicted molar refractivity (Wildman–Crippen MR) is 62.3 cm³/mol. The maximum Gasteiger partial charge on any atom is 0.307 e. The summed E-state index contributed by atoms with van der Waals surface area (Å²) in [5.74, 6) is 4.58. The largest absolute Gasteiger partial charge is 0.411 e. The molecule has 0 unspecified atom stereocenters. The zero-order chi connectivity index (χ0) is 13.8. The first kappa shape index (κ1) is 13.0. The third-order valence-electron chi connectivity index (χ3n) is 2.56. The summed E-state index contributed by atoms with van der Waals surface area (Å²) in [5.41, 5.74) is 1.46. The van der Waals surface area contributed by atoms with E-state index in [4.69, 9.17) is 11.1 Å². The topological polar surface area (TPSA) is 107 Å². The normalized spacial score (nSPS) is 11.6. The molecule has 1 heterocycles. The average molecular weight is 266 g/mol. The van der Waals surface area contributed by atoms with Crippen molar-refractivity contribution in [2.24, 2.45) is 11.1 Å². The number of nitrogens with zero attached hydrogens (tertiary/aromatic N) is 3. The molecule has 0 amide bonds. The molecule has 0 aliphatic carbocycles. The lowest BCUT2D eigenvalue weighted by Crippen LogP contribution is -2.11. The molecule has 100 valence electrons. The highest BCUT2D eigenvalue weighted by Crippen LogP contribution is 2.16. The molecule has 19 heavy (non-hydrogen) atoms. The SMILES string of the molecule is Cc1cc(C/C(=N\O)c2nonc2ON)ccc1F. The van der Waals surface area contributed by atoms with Gasteiger partial charge in [-0.25, -0.2) is 9.02 Å². The van der Waals surface area contributed by atoms with Crippen molar-refractivity contribution in [1.29, 1.82) is 0 Å². The van der Waals surface area contributed by atoms with Crippen LogP contribution in [0.5, 0.6) is 5.88 Å². The van der Waals surface area contributed by atoms with Gasteiger partial charge in [0.1, 0.15) is 11.5 Å². The summed E-state index contributed by atoms with van der Waals surface area (Å²) >= 11 is 0. The van der Waals surface area contributed by atoms with Gasteiger partial charge in [-0.3, -0.25) is 0 Å². The molecule has 0 atom stereocenters. The second kappa shape index (κ2) is 5.44. The van der Waals surface area contributed by atoms with Gasteiger partial charge < -0.3 is 10.0 Å². The van der Waals surface area contributed by atoms with E-state index in [-0.39, 0.29) is 29.5 Å². The minimum Gasteiger partial charge on any atom is -0.411 e. The fourth-order valence-corrected chi connectivity index (χ4v) is 1.61. The van der Waals surface area contributed by atoms with Gasteiger partial charge >= 0.3 is 5.88 Å². The molecule has 0 spiro atoms. The van der Waals surface area contributed by atoms with Crippen LogP contribution < -0.4 is 10.7 Å². The Morgan fingerprint density at radius 2 is 2.32 bits per heavy atom. The molecule has 0 aliphatic heterocycles. The number of nitrogens with two attached hydrogens (primary N) is 1. The Balaban J connectivity index is 2.27. The van der Waals surface area contributed by atoms with Gasteiger partial charge in [0.15, 0.2) is 5.69 Å². The summed E-state index contributed by atoms with van der Waals surface area (Å²) in [6, 6.07) is 4.54. The fourth-order valence-electron chi connectivity index (χ4n) is 1.61. The number of aromatic nitrogens is 2. The number of benzene rings is 1. The highest BCUT2D eigenvalue weighted by Gasteiger charge is 2.19. The van der Waals surface area contributed by atoms with Crippen molar-refractivity contribution in [2.75, 3.05) is 0 Å². The third kappa shape index (κ3) is 2.68. The molecule has 8 heteroatoms. The lowest BCUT2D eigenvalue weighted by atomic mass is 10.0. The van der Waals surface area contributed by atoms with Gasteiger partial charge in [0.2, 0.25) is 0 Å². The van der Waals surface area contributed by atoms with E-state index in [1.165, 1.54) is 6.07 Å². The molecule has 0 radical (unpaired) electrons. The molecule has 2 aromatic rings. The maximum absolute atomic E-state index is 13.2. The quantitative estimate of drug-likeness (QED) is 0.489. The van der Waals surface area contributed by atoms with Gasteiger partial charge in [0.25, 0.3) is 0 Å². The maximum atomic E-state index is 13.2. The van der Waals surface area contributed by atoms with Gasteiger partial charge in [0, 0.05) is 6.42 Å². The number of halogens is 1. The van der Waals surface area contributed by atoms with Crippen LogP contribution in [0.4, 0.5) is 4.39 Å².